The fraction of sp³-hybridized carbons (Fsp3) is 0.158. The van der Waals surface area contributed by atoms with Crippen LogP contribution in [0.15, 0.2) is 57.8 Å². The molecule has 0 atom stereocenters. The molecule has 0 unspecified atom stereocenters. The summed E-state index contributed by atoms with van der Waals surface area (Å²) in [7, 11) is 0. The molecular weight excluding hydrogens is 368 g/mol. The number of H-pyrrole nitrogens is 1. The maximum Gasteiger partial charge on any atom is 0.251 e. The number of aryl methyl sites for hydroxylation is 2. The molecule has 2 N–H and O–H groups in total. The molecule has 3 rings (SSSR count). The predicted molar refractivity (Wildman–Crippen MR) is 100 cm³/mol. The van der Waals surface area contributed by atoms with Gasteiger partial charge < -0.3 is 10.3 Å². The Morgan fingerprint density at radius 3 is 2.79 bits per heavy atom. The highest BCUT2D eigenvalue weighted by atomic mass is 79.9. The van der Waals surface area contributed by atoms with Crippen LogP contribution < -0.4 is 10.9 Å². The maximum absolute atomic E-state index is 12.2. The van der Waals surface area contributed by atoms with Gasteiger partial charge in [0.2, 0.25) is 5.91 Å². The molecule has 2 aromatic carbocycles. The van der Waals surface area contributed by atoms with Crippen molar-refractivity contribution in [2.45, 2.75) is 19.8 Å². The number of fused-ring (bicyclic) bond motifs is 1. The third-order valence-corrected chi connectivity index (χ3v) is 4.30. The second-order valence-electron chi connectivity index (χ2n) is 5.77. The van der Waals surface area contributed by atoms with Crippen molar-refractivity contribution in [2.24, 2.45) is 0 Å². The highest BCUT2D eigenvalue weighted by Gasteiger charge is 2.08. The second-order valence-corrected chi connectivity index (χ2v) is 6.69. The van der Waals surface area contributed by atoms with E-state index >= 15 is 0 Å². The van der Waals surface area contributed by atoms with Crippen molar-refractivity contribution in [3.63, 3.8) is 0 Å². The van der Waals surface area contributed by atoms with Gasteiger partial charge in [0.05, 0.1) is 0 Å². The number of aromatic nitrogens is 1. The average Bonchev–Trinajstić information content (AvgIpc) is 2.53. The van der Waals surface area contributed by atoms with Gasteiger partial charge in [-0.1, -0.05) is 34.1 Å². The predicted octanol–water partition coefficient (Wildman–Crippen LogP) is 4.17. The van der Waals surface area contributed by atoms with E-state index in [1.54, 1.807) is 0 Å². The largest absolute Gasteiger partial charge is 0.326 e. The molecule has 0 fully saturated rings. The molecule has 0 spiro atoms. The molecule has 0 aliphatic heterocycles. The Balaban J connectivity index is 1.71. The number of amides is 1. The minimum Gasteiger partial charge on any atom is -0.326 e. The van der Waals surface area contributed by atoms with Gasteiger partial charge in [-0.25, -0.2) is 0 Å². The zero-order chi connectivity index (χ0) is 17.1. The third-order valence-electron chi connectivity index (χ3n) is 3.81. The van der Waals surface area contributed by atoms with Gasteiger partial charge in [0.15, 0.2) is 0 Å². The summed E-state index contributed by atoms with van der Waals surface area (Å²) >= 11 is 3.37. The molecule has 1 amide bonds. The fourth-order valence-electron chi connectivity index (χ4n) is 2.58. The van der Waals surface area contributed by atoms with Crippen LogP contribution in [0.5, 0.6) is 0 Å². The molecule has 3 aromatic rings. The molecule has 4 nitrogen and oxygen atoms in total. The van der Waals surface area contributed by atoms with E-state index in [4.69, 9.17) is 0 Å². The molecule has 24 heavy (non-hydrogen) atoms. The summed E-state index contributed by atoms with van der Waals surface area (Å²) < 4.78 is 0.904. The first kappa shape index (κ1) is 16.5. The van der Waals surface area contributed by atoms with Gasteiger partial charge in [0.25, 0.3) is 5.56 Å². The smallest absolute Gasteiger partial charge is 0.251 e. The topological polar surface area (TPSA) is 62.0 Å². The van der Waals surface area contributed by atoms with Crippen LogP contribution in [0.3, 0.4) is 0 Å². The van der Waals surface area contributed by atoms with E-state index in [1.807, 2.05) is 55.5 Å². The van der Waals surface area contributed by atoms with Gasteiger partial charge in [0, 0.05) is 27.7 Å². The number of hydrogen-bond acceptors (Lipinski definition) is 2. The van der Waals surface area contributed by atoms with E-state index in [9.17, 15) is 9.59 Å². The lowest BCUT2D eigenvalue weighted by molar-refractivity contribution is -0.116. The minimum absolute atomic E-state index is 0.114. The monoisotopic (exact) mass is 384 g/mol. The molecule has 1 aromatic heterocycles. The normalized spacial score (nSPS) is 10.8. The number of anilines is 1. The summed E-state index contributed by atoms with van der Waals surface area (Å²) in [6.45, 7) is 1.98. The number of pyridine rings is 1. The third kappa shape index (κ3) is 3.92. The molecule has 122 valence electrons. The van der Waals surface area contributed by atoms with E-state index in [0.717, 1.165) is 26.6 Å². The number of rotatable bonds is 4. The number of nitrogens with one attached hydrogen (secondary N) is 2. The van der Waals surface area contributed by atoms with E-state index in [2.05, 4.69) is 26.2 Å². The summed E-state index contributed by atoms with van der Waals surface area (Å²) in [4.78, 5) is 27.1. The van der Waals surface area contributed by atoms with E-state index < -0.39 is 0 Å². The van der Waals surface area contributed by atoms with Crippen molar-refractivity contribution < 1.29 is 4.79 Å². The number of carbonyl (C=O) groups excluding carboxylic acids is 1. The molecule has 0 aliphatic rings. The zero-order valence-electron chi connectivity index (χ0n) is 13.2. The Kier molecular flexibility index (Phi) is 4.81. The van der Waals surface area contributed by atoms with Crippen LogP contribution in [0, 0.1) is 6.92 Å². The number of carbonyl (C=O) groups is 1. The highest BCUT2D eigenvalue weighted by molar-refractivity contribution is 9.10. The molecule has 0 bridgehead atoms. The van der Waals surface area contributed by atoms with Gasteiger partial charge >= 0.3 is 0 Å². The van der Waals surface area contributed by atoms with Crippen LogP contribution in [-0.4, -0.2) is 10.9 Å². The molecule has 0 saturated heterocycles. The Hall–Kier alpha value is -2.40. The van der Waals surface area contributed by atoms with Crippen LogP contribution in [-0.2, 0) is 11.2 Å². The van der Waals surface area contributed by atoms with Crippen LogP contribution in [0.2, 0.25) is 0 Å². The Bertz CT molecular complexity index is 963. The van der Waals surface area contributed by atoms with Crippen molar-refractivity contribution >= 4 is 38.4 Å². The van der Waals surface area contributed by atoms with Gasteiger partial charge in [-0.3, -0.25) is 9.59 Å². The first-order valence-electron chi connectivity index (χ1n) is 7.69. The molecular formula is C19H17BrN2O2. The zero-order valence-corrected chi connectivity index (χ0v) is 14.8. The van der Waals surface area contributed by atoms with Crippen LogP contribution in [0.1, 0.15) is 17.5 Å². The van der Waals surface area contributed by atoms with Crippen molar-refractivity contribution in [2.75, 3.05) is 5.32 Å². The van der Waals surface area contributed by atoms with Crippen molar-refractivity contribution in [3.8, 4) is 0 Å². The number of hydrogen-bond donors (Lipinski definition) is 2. The average molecular weight is 385 g/mol. The van der Waals surface area contributed by atoms with Crippen molar-refractivity contribution in [1.82, 2.24) is 4.98 Å². The fourth-order valence-corrected chi connectivity index (χ4v) is 2.98. The standard InChI is InChI=1S/C19H17BrN2O2/c1-12-5-6-13-10-14(19(24)22-17(13)9-12)7-8-18(23)21-16-4-2-3-15(20)11-16/h2-6,9-11H,7-8H2,1H3,(H,21,23)(H,22,24). The quantitative estimate of drug-likeness (QED) is 0.708. The van der Waals surface area contributed by atoms with Crippen LogP contribution in [0.25, 0.3) is 10.9 Å². The SMILES string of the molecule is Cc1ccc2cc(CCC(=O)Nc3cccc(Br)c3)c(=O)[nH]c2c1. The summed E-state index contributed by atoms with van der Waals surface area (Å²) in [5.41, 5.74) is 3.14. The Morgan fingerprint density at radius 1 is 1.17 bits per heavy atom. The summed E-state index contributed by atoms with van der Waals surface area (Å²) in [5.74, 6) is -0.114. The second kappa shape index (κ2) is 7.01. The first-order valence-corrected chi connectivity index (χ1v) is 8.48. The highest BCUT2D eigenvalue weighted by Crippen LogP contribution is 2.16. The summed E-state index contributed by atoms with van der Waals surface area (Å²) in [6, 6.07) is 15.2. The molecule has 0 radical (unpaired) electrons. The molecule has 0 saturated carbocycles. The number of aromatic amines is 1. The van der Waals surface area contributed by atoms with Crippen LogP contribution >= 0.6 is 15.9 Å². The van der Waals surface area contributed by atoms with Crippen molar-refractivity contribution in [1.29, 1.82) is 0 Å². The van der Waals surface area contributed by atoms with E-state index in [1.165, 1.54) is 0 Å². The molecule has 5 heteroatoms. The summed E-state index contributed by atoms with van der Waals surface area (Å²) in [5, 5.41) is 3.81. The summed E-state index contributed by atoms with van der Waals surface area (Å²) in [6.07, 6.45) is 0.659. The maximum atomic E-state index is 12.2. The minimum atomic E-state index is -0.136. The lowest BCUT2D eigenvalue weighted by Crippen LogP contribution is -2.17. The van der Waals surface area contributed by atoms with Gasteiger partial charge in [-0.05, 0) is 54.6 Å². The molecule has 1 heterocycles. The number of benzene rings is 2. The van der Waals surface area contributed by atoms with E-state index in [-0.39, 0.29) is 17.9 Å². The van der Waals surface area contributed by atoms with Gasteiger partial charge in [-0.2, -0.15) is 0 Å². The first-order chi connectivity index (χ1) is 11.5. The van der Waals surface area contributed by atoms with Gasteiger partial charge in [0.1, 0.15) is 0 Å². The lowest BCUT2D eigenvalue weighted by Gasteiger charge is -2.06. The Morgan fingerprint density at radius 2 is 2.00 bits per heavy atom. The number of halogens is 1. The molecule has 0 aliphatic carbocycles. The Labute approximate surface area is 148 Å². The lowest BCUT2D eigenvalue weighted by atomic mass is 10.1. The van der Waals surface area contributed by atoms with Crippen LogP contribution in [0.4, 0.5) is 5.69 Å². The van der Waals surface area contributed by atoms with Crippen molar-refractivity contribution in [3.05, 3.63) is 74.5 Å². The van der Waals surface area contributed by atoms with E-state index in [0.29, 0.717) is 12.0 Å². The van der Waals surface area contributed by atoms with Gasteiger partial charge in [-0.15, -0.1) is 0 Å².